The molecule has 3 nitrogen and oxygen atoms in total. The molecule has 7 heteroatoms. The Morgan fingerprint density at radius 2 is 1.87 bits per heavy atom. The predicted octanol–water partition coefficient (Wildman–Crippen LogP) is 3.79. The van der Waals surface area contributed by atoms with E-state index in [4.69, 9.17) is 0 Å². The highest BCUT2D eigenvalue weighted by molar-refractivity contribution is 5.95. The zero-order valence-corrected chi connectivity index (χ0v) is 12.5. The van der Waals surface area contributed by atoms with Crippen LogP contribution >= 0.6 is 0 Å². The molecule has 0 aliphatic carbocycles. The van der Waals surface area contributed by atoms with Gasteiger partial charge in [-0.15, -0.1) is 0 Å². The number of rotatable bonds is 3. The van der Waals surface area contributed by atoms with Gasteiger partial charge in [0.2, 0.25) is 0 Å². The minimum atomic E-state index is -4.56. The fourth-order valence-electron chi connectivity index (χ4n) is 1.98. The van der Waals surface area contributed by atoms with Gasteiger partial charge in [-0.3, -0.25) is 4.79 Å². The Morgan fingerprint density at radius 3 is 2.43 bits per heavy atom. The molecule has 122 valence electrons. The SMILES string of the molecule is Cc1ccc(CNC(=O)c2ccc(C(F)(F)F)nc2C)cc1F. The summed E-state index contributed by atoms with van der Waals surface area (Å²) < 4.78 is 51.0. The van der Waals surface area contributed by atoms with Gasteiger partial charge in [0.05, 0.1) is 11.3 Å². The predicted molar refractivity (Wildman–Crippen MR) is 76.3 cm³/mol. The second-order valence-electron chi connectivity index (χ2n) is 5.09. The molecule has 0 radical (unpaired) electrons. The van der Waals surface area contributed by atoms with Crippen LogP contribution in [0.4, 0.5) is 17.6 Å². The zero-order valence-electron chi connectivity index (χ0n) is 12.5. The molecule has 0 aliphatic heterocycles. The third-order valence-corrected chi connectivity index (χ3v) is 3.31. The number of nitrogens with zero attached hydrogens (tertiary/aromatic N) is 1. The summed E-state index contributed by atoms with van der Waals surface area (Å²) in [6.45, 7) is 3.02. The number of aromatic nitrogens is 1. The molecule has 0 spiro atoms. The van der Waals surface area contributed by atoms with Crippen molar-refractivity contribution in [1.82, 2.24) is 10.3 Å². The van der Waals surface area contributed by atoms with Crippen LogP contribution in [0.3, 0.4) is 0 Å². The van der Waals surface area contributed by atoms with Crippen LogP contribution in [0.25, 0.3) is 0 Å². The van der Waals surface area contributed by atoms with Crippen LogP contribution in [0.1, 0.15) is 32.9 Å². The Bertz CT molecular complexity index is 741. The molecule has 0 atom stereocenters. The van der Waals surface area contributed by atoms with E-state index in [1.54, 1.807) is 19.1 Å². The molecule has 0 fully saturated rings. The van der Waals surface area contributed by atoms with Crippen LogP contribution in [0, 0.1) is 19.7 Å². The van der Waals surface area contributed by atoms with Gasteiger partial charge in [0.25, 0.3) is 5.91 Å². The van der Waals surface area contributed by atoms with Crippen molar-refractivity contribution >= 4 is 5.91 Å². The number of carbonyl (C=O) groups excluding carboxylic acids is 1. The Morgan fingerprint density at radius 1 is 1.17 bits per heavy atom. The van der Waals surface area contributed by atoms with Crippen molar-refractivity contribution in [2.24, 2.45) is 0 Å². The van der Waals surface area contributed by atoms with E-state index in [1.165, 1.54) is 13.0 Å². The Hall–Kier alpha value is -2.44. The van der Waals surface area contributed by atoms with Crippen molar-refractivity contribution in [1.29, 1.82) is 0 Å². The minimum Gasteiger partial charge on any atom is -0.348 e. The second-order valence-corrected chi connectivity index (χ2v) is 5.09. The quantitative estimate of drug-likeness (QED) is 0.872. The van der Waals surface area contributed by atoms with E-state index in [1.807, 2.05) is 0 Å². The molecular weight excluding hydrogens is 312 g/mol. The first-order valence-electron chi connectivity index (χ1n) is 6.76. The average Bonchev–Trinajstić information content (AvgIpc) is 2.47. The lowest BCUT2D eigenvalue weighted by Gasteiger charge is -2.11. The van der Waals surface area contributed by atoms with Crippen LogP contribution in [0.2, 0.25) is 0 Å². The van der Waals surface area contributed by atoms with Gasteiger partial charge in [-0.1, -0.05) is 12.1 Å². The van der Waals surface area contributed by atoms with E-state index in [2.05, 4.69) is 10.3 Å². The lowest BCUT2D eigenvalue weighted by atomic mass is 10.1. The number of benzene rings is 1. The van der Waals surface area contributed by atoms with E-state index < -0.39 is 17.8 Å². The normalized spacial score (nSPS) is 11.4. The molecular formula is C16H14F4N2O. The maximum absolute atomic E-state index is 13.4. The summed E-state index contributed by atoms with van der Waals surface area (Å²) in [5.74, 6) is -0.950. The Labute approximate surface area is 130 Å². The van der Waals surface area contributed by atoms with Gasteiger partial charge in [-0.2, -0.15) is 13.2 Å². The molecule has 23 heavy (non-hydrogen) atoms. The van der Waals surface area contributed by atoms with Crippen LogP contribution in [0.15, 0.2) is 30.3 Å². The lowest BCUT2D eigenvalue weighted by Crippen LogP contribution is -2.24. The third-order valence-electron chi connectivity index (χ3n) is 3.31. The fraction of sp³-hybridized carbons (Fsp3) is 0.250. The van der Waals surface area contributed by atoms with Crippen LogP contribution in [0.5, 0.6) is 0 Å². The van der Waals surface area contributed by atoms with Crippen molar-refractivity contribution in [3.8, 4) is 0 Å². The number of amides is 1. The van der Waals surface area contributed by atoms with E-state index >= 15 is 0 Å². The lowest BCUT2D eigenvalue weighted by molar-refractivity contribution is -0.141. The van der Waals surface area contributed by atoms with Gasteiger partial charge in [-0.25, -0.2) is 9.37 Å². The largest absolute Gasteiger partial charge is 0.433 e. The standard InChI is InChI=1S/C16H14F4N2O/c1-9-3-4-11(7-13(9)17)8-21-15(23)12-5-6-14(16(18,19)20)22-10(12)2/h3-7H,8H2,1-2H3,(H,21,23). The fourth-order valence-corrected chi connectivity index (χ4v) is 1.98. The smallest absolute Gasteiger partial charge is 0.348 e. The number of aryl methyl sites for hydroxylation is 2. The first-order chi connectivity index (χ1) is 10.7. The summed E-state index contributed by atoms with van der Waals surface area (Å²) in [5, 5.41) is 2.53. The Balaban J connectivity index is 2.10. The molecule has 0 saturated carbocycles. The van der Waals surface area contributed by atoms with Crippen molar-refractivity contribution in [3.63, 3.8) is 0 Å². The van der Waals surface area contributed by atoms with E-state index in [-0.39, 0.29) is 23.6 Å². The van der Waals surface area contributed by atoms with Crippen molar-refractivity contribution in [2.45, 2.75) is 26.6 Å². The molecule has 0 bridgehead atoms. The summed E-state index contributed by atoms with van der Waals surface area (Å²) in [6, 6.07) is 6.38. The van der Waals surface area contributed by atoms with Gasteiger partial charge in [0.15, 0.2) is 0 Å². The summed E-state index contributed by atoms with van der Waals surface area (Å²) in [4.78, 5) is 15.4. The summed E-state index contributed by atoms with van der Waals surface area (Å²) in [5.41, 5.74) is 0.0204. The number of pyridine rings is 1. The topological polar surface area (TPSA) is 42.0 Å². The Kier molecular flexibility index (Phi) is 4.68. The molecule has 1 heterocycles. The van der Waals surface area contributed by atoms with Crippen LogP contribution < -0.4 is 5.32 Å². The zero-order chi connectivity index (χ0) is 17.2. The van der Waals surface area contributed by atoms with Gasteiger partial charge in [0.1, 0.15) is 11.5 Å². The highest BCUT2D eigenvalue weighted by Gasteiger charge is 2.33. The van der Waals surface area contributed by atoms with E-state index in [0.29, 0.717) is 11.1 Å². The number of nitrogens with one attached hydrogen (secondary N) is 1. The van der Waals surface area contributed by atoms with Gasteiger partial charge < -0.3 is 5.32 Å². The molecule has 1 aromatic carbocycles. The van der Waals surface area contributed by atoms with E-state index in [9.17, 15) is 22.4 Å². The van der Waals surface area contributed by atoms with Crippen molar-refractivity contribution < 1.29 is 22.4 Å². The van der Waals surface area contributed by atoms with Crippen molar-refractivity contribution in [2.75, 3.05) is 0 Å². The molecule has 1 amide bonds. The number of halogens is 4. The summed E-state index contributed by atoms with van der Waals surface area (Å²) >= 11 is 0. The van der Waals surface area contributed by atoms with Crippen LogP contribution in [-0.4, -0.2) is 10.9 Å². The summed E-state index contributed by atoms with van der Waals surface area (Å²) in [6.07, 6.45) is -4.56. The van der Waals surface area contributed by atoms with Crippen LogP contribution in [-0.2, 0) is 12.7 Å². The summed E-state index contributed by atoms with van der Waals surface area (Å²) in [7, 11) is 0. The number of hydrogen-bond acceptors (Lipinski definition) is 2. The highest BCUT2D eigenvalue weighted by Crippen LogP contribution is 2.28. The second kappa shape index (κ2) is 6.36. The molecule has 0 aliphatic rings. The molecule has 1 N–H and O–H groups in total. The average molecular weight is 326 g/mol. The number of alkyl halides is 3. The maximum atomic E-state index is 13.4. The van der Waals surface area contributed by atoms with E-state index in [0.717, 1.165) is 12.1 Å². The highest BCUT2D eigenvalue weighted by atomic mass is 19.4. The third kappa shape index (κ3) is 4.06. The first-order valence-corrected chi connectivity index (χ1v) is 6.76. The maximum Gasteiger partial charge on any atom is 0.433 e. The monoisotopic (exact) mass is 326 g/mol. The molecule has 2 aromatic rings. The number of hydrogen-bond donors (Lipinski definition) is 1. The van der Waals surface area contributed by atoms with Gasteiger partial charge >= 0.3 is 6.18 Å². The molecule has 1 aromatic heterocycles. The molecule has 2 rings (SSSR count). The van der Waals surface area contributed by atoms with Gasteiger partial charge in [-0.05, 0) is 43.2 Å². The van der Waals surface area contributed by atoms with Crippen molar-refractivity contribution in [3.05, 3.63) is 64.2 Å². The first kappa shape index (κ1) is 16.9. The number of carbonyl (C=O) groups is 1. The van der Waals surface area contributed by atoms with Gasteiger partial charge in [0, 0.05) is 6.54 Å². The minimum absolute atomic E-state index is 0.0209. The molecule has 0 saturated heterocycles. The molecule has 0 unspecified atom stereocenters.